The highest BCUT2D eigenvalue weighted by molar-refractivity contribution is 5.92. The van der Waals surface area contributed by atoms with E-state index >= 15 is 0 Å². The van der Waals surface area contributed by atoms with Crippen molar-refractivity contribution in [3.05, 3.63) is 29.8 Å². The van der Waals surface area contributed by atoms with E-state index in [-0.39, 0.29) is 17.5 Å². The molecule has 1 aromatic rings. The number of carbonyl (C=O) groups excluding carboxylic acids is 1. The summed E-state index contributed by atoms with van der Waals surface area (Å²) in [4.78, 5) is 11.8. The molecule has 4 heteroatoms. The van der Waals surface area contributed by atoms with Crippen molar-refractivity contribution in [1.82, 2.24) is 6.15 Å². The van der Waals surface area contributed by atoms with Crippen LogP contribution in [-0.2, 0) is 4.74 Å². The summed E-state index contributed by atoms with van der Waals surface area (Å²) in [5.41, 5.74) is 0.248. The molecule has 0 spiro atoms. The largest absolute Gasteiger partial charge is 0.507 e. The van der Waals surface area contributed by atoms with Gasteiger partial charge in [-0.25, -0.2) is 4.79 Å². The second-order valence-corrected chi connectivity index (χ2v) is 7.25. The lowest BCUT2D eigenvalue weighted by Crippen LogP contribution is -2.06. The van der Waals surface area contributed by atoms with Crippen LogP contribution in [0.5, 0.6) is 5.75 Å². The van der Waals surface area contributed by atoms with E-state index in [0.29, 0.717) is 6.61 Å². The topological polar surface area (TPSA) is 81.5 Å². The van der Waals surface area contributed by atoms with E-state index in [2.05, 4.69) is 6.92 Å². The number of carbonyl (C=O) groups is 1. The molecule has 1 aromatic carbocycles. The van der Waals surface area contributed by atoms with Gasteiger partial charge in [0.1, 0.15) is 11.3 Å². The Bertz CT molecular complexity index is 476. The van der Waals surface area contributed by atoms with Crippen LogP contribution >= 0.6 is 0 Å². The fourth-order valence-corrected chi connectivity index (χ4v) is 3.19. The van der Waals surface area contributed by atoms with Gasteiger partial charge in [-0.05, 0) is 18.6 Å². The molecular weight excluding hydrogens is 338 g/mol. The summed E-state index contributed by atoms with van der Waals surface area (Å²) in [7, 11) is 0. The molecule has 0 aromatic heterocycles. The van der Waals surface area contributed by atoms with Crippen LogP contribution in [0.15, 0.2) is 24.3 Å². The highest BCUT2D eigenvalue weighted by Gasteiger charge is 2.10. The number of ether oxygens (including phenoxy) is 1. The molecule has 4 N–H and O–H groups in total. The van der Waals surface area contributed by atoms with E-state index in [0.717, 1.165) is 12.8 Å². The third kappa shape index (κ3) is 13.3. The fraction of sp³-hybridized carbons (Fsp3) is 0.696. The number of phenols is 1. The molecule has 0 aliphatic carbocycles. The van der Waals surface area contributed by atoms with Crippen LogP contribution in [0.4, 0.5) is 0 Å². The van der Waals surface area contributed by atoms with Gasteiger partial charge in [-0.1, -0.05) is 103 Å². The molecule has 0 amide bonds. The lowest BCUT2D eigenvalue weighted by atomic mass is 10.0. The van der Waals surface area contributed by atoms with Crippen molar-refractivity contribution < 1.29 is 14.6 Å². The lowest BCUT2D eigenvalue weighted by molar-refractivity contribution is 0.0494. The zero-order valence-corrected chi connectivity index (χ0v) is 17.4. The lowest BCUT2D eigenvalue weighted by Gasteiger charge is -2.06. The average molecular weight is 380 g/mol. The Labute approximate surface area is 166 Å². The molecule has 0 fully saturated rings. The van der Waals surface area contributed by atoms with E-state index in [9.17, 15) is 9.90 Å². The minimum Gasteiger partial charge on any atom is -0.507 e. The molecule has 0 saturated carbocycles. The molecule has 0 unspecified atom stereocenters. The molecule has 1 rings (SSSR count). The number of rotatable bonds is 16. The van der Waals surface area contributed by atoms with Gasteiger partial charge >= 0.3 is 5.97 Å². The van der Waals surface area contributed by atoms with Gasteiger partial charge in [-0.2, -0.15) is 0 Å². The van der Waals surface area contributed by atoms with Crippen LogP contribution < -0.4 is 6.15 Å². The second kappa shape index (κ2) is 17.8. The number of hydrogen-bond donors (Lipinski definition) is 2. The van der Waals surface area contributed by atoms with Gasteiger partial charge in [0.25, 0.3) is 0 Å². The Morgan fingerprint density at radius 3 is 1.70 bits per heavy atom. The number of phenolic OH excluding ortho intramolecular Hbond substituents is 1. The minimum atomic E-state index is -0.433. The maximum absolute atomic E-state index is 11.8. The standard InChI is InChI=1S/C23H38O3.H3N/c1-2-3-4-5-6-7-8-9-10-11-12-13-14-17-20-26-23(25)21-18-15-16-19-22(21)24;/h15-16,18-19,24H,2-14,17,20H2,1H3;1H3. The molecule has 0 radical (unpaired) electrons. The first kappa shape index (κ1) is 25.4. The van der Waals surface area contributed by atoms with Crippen molar-refractivity contribution in [2.75, 3.05) is 6.61 Å². The quantitative estimate of drug-likeness (QED) is 0.235. The highest BCUT2D eigenvalue weighted by Crippen LogP contribution is 2.17. The van der Waals surface area contributed by atoms with Gasteiger partial charge < -0.3 is 16.0 Å². The summed E-state index contributed by atoms with van der Waals surface area (Å²) in [6.07, 6.45) is 18.3. The molecule has 0 saturated heterocycles. The Balaban J connectivity index is 0.00000676. The zero-order valence-electron chi connectivity index (χ0n) is 17.4. The summed E-state index contributed by atoms with van der Waals surface area (Å²) in [5.74, 6) is -0.448. The maximum atomic E-state index is 11.8. The molecular formula is C23H41NO3. The van der Waals surface area contributed by atoms with E-state index in [1.54, 1.807) is 18.2 Å². The van der Waals surface area contributed by atoms with Crippen LogP contribution in [0.2, 0.25) is 0 Å². The summed E-state index contributed by atoms with van der Waals surface area (Å²) >= 11 is 0. The number of aromatic hydroxyl groups is 1. The van der Waals surface area contributed by atoms with Crippen LogP contribution in [0.25, 0.3) is 0 Å². The Morgan fingerprint density at radius 1 is 0.778 bits per heavy atom. The molecule has 0 atom stereocenters. The molecule has 0 bridgehead atoms. The van der Waals surface area contributed by atoms with Gasteiger partial charge in [0.15, 0.2) is 0 Å². The second-order valence-electron chi connectivity index (χ2n) is 7.25. The van der Waals surface area contributed by atoms with Gasteiger partial charge in [-0.3, -0.25) is 0 Å². The van der Waals surface area contributed by atoms with E-state index in [1.807, 2.05) is 0 Å². The summed E-state index contributed by atoms with van der Waals surface area (Å²) in [6, 6.07) is 6.51. The predicted molar refractivity (Wildman–Crippen MR) is 114 cm³/mol. The monoisotopic (exact) mass is 379 g/mol. The van der Waals surface area contributed by atoms with E-state index in [1.165, 1.54) is 83.1 Å². The van der Waals surface area contributed by atoms with Gasteiger partial charge in [0.05, 0.1) is 6.61 Å². The highest BCUT2D eigenvalue weighted by atomic mass is 16.5. The van der Waals surface area contributed by atoms with E-state index < -0.39 is 5.97 Å². The summed E-state index contributed by atoms with van der Waals surface area (Å²) < 4.78 is 5.22. The number of benzene rings is 1. The van der Waals surface area contributed by atoms with Crippen molar-refractivity contribution >= 4 is 5.97 Å². The third-order valence-electron chi connectivity index (χ3n) is 4.86. The average Bonchev–Trinajstić information content (AvgIpc) is 2.65. The van der Waals surface area contributed by atoms with Crippen molar-refractivity contribution in [3.8, 4) is 5.75 Å². The predicted octanol–water partition coefficient (Wildman–Crippen LogP) is 7.19. The molecule has 0 aliphatic rings. The Hall–Kier alpha value is -1.55. The van der Waals surface area contributed by atoms with Crippen molar-refractivity contribution in [1.29, 1.82) is 0 Å². The SMILES string of the molecule is CCCCCCCCCCCCCCCCOC(=O)c1ccccc1O.N. The Morgan fingerprint density at radius 2 is 1.22 bits per heavy atom. The first-order valence-corrected chi connectivity index (χ1v) is 10.7. The zero-order chi connectivity index (χ0) is 18.9. The van der Waals surface area contributed by atoms with Gasteiger partial charge in [0.2, 0.25) is 0 Å². The third-order valence-corrected chi connectivity index (χ3v) is 4.86. The number of hydrogen-bond acceptors (Lipinski definition) is 4. The molecule has 0 aliphatic heterocycles. The molecule has 0 heterocycles. The first-order chi connectivity index (χ1) is 12.8. The van der Waals surface area contributed by atoms with E-state index in [4.69, 9.17) is 4.74 Å². The van der Waals surface area contributed by atoms with Crippen molar-refractivity contribution in [2.45, 2.75) is 96.8 Å². The summed E-state index contributed by atoms with van der Waals surface area (Å²) in [5, 5.41) is 9.61. The van der Waals surface area contributed by atoms with Crippen LogP contribution in [-0.4, -0.2) is 17.7 Å². The first-order valence-electron chi connectivity index (χ1n) is 10.7. The van der Waals surface area contributed by atoms with Crippen molar-refractivity contribution in [2.24, 2.45) is 0 Å². The van der Waals surface area contributed by atoms with Crippen molar-refractivity contribution in [3.63, 3.8) is 0 Å². The smallest absolute Gasteiger partial charge is 0.341 e. The summed E-state index contributed by atoms with van der Waals surface area (Å²) in [6.45, 7) is 2.70. The molecule has 27 heavy (non-hydrogen) atoms. The molecule has 4 nitrogen and oxygen atoms in total. The van der Waals surface area contributed by atoms with Gasteiger partial charge in [-0.15, -0.1) is 0 Å². The van der Waals surface area contributed by atoms with Crippen LogP contribution in [0.1, 0.15) is 107 Å². The maximum Gasteiger partial charge on any atom is 0.341 e. The fourth-order valence-electron chi connectivity index (χ4n) is 3.19. The van der Waals surface area contributed by atoms with Gasteiger partial charge in [0, 0.05) is 0 Å². The Kier molecular flexibility index (Phi) is 16.8. The normalized spacial score (nSPS) is 10.4. The van der Waals surface area contributed by atoms with Crippen LogP contribution in [0.3, 0.4) is 0 Å². The number of unbranched alkanes of at least 4 members (excludes halogenated alkanes) is 13. The molecule has 156 valence electrons. The number of para-hydroxylation sites is 1. The number of esters is 1. The van der Waals surface area contributed by atoms with Crippen LogP contribution in [0, 0.1) is 0 Å². The minimum absolute atomic E-state index is 0.